The number of fused-ring (bicyclic) bond motifs is 9. The van der Waals surface area contributed by atoms with Crippen LogP contribution >= 0.6 is 22.7 Å². The molecule has 0 N–H and O–H groups in total. The molecule has 0 saturated carbocycles. The molecule has 4 nitrogen and oxygen atoms in total. The number of thiophene rings is 2. The quantitative estimate of drug-likeness (QED) is 0.175. The highest BCUT2D eigenvalue weighted by Crippen LogP contribution is 2.47. The Morgan fingerprint density at radius 2 is 0.912 bits per heavy atom. The largest absolute Gasteiger partial charge is 0.455 e. The lowest BCUT2D eigenvalue weighted by Gasteiger charge is -2.10. The van der Waals surface area contributed by atoms with E-state index in [1.165, 1.54) is 46.8 Å². The Morgan fingerprint density at radius 1 is 0.333 bits per heavy atom. The highest BCUT2D eigenvalue weighted by atomic mass is 32.1. The van der Waals surface area contributed by atoms with Crippen LogP contribution in [0.2, 0.25) is 0 Å². The van der Waals surface area contributed by atoms with Crippen LogP contribution in [0.3, 0.4) is 0 Å². The van der Waals surface area contributed by atoms with E-state index in [0.29, 0.717) is 17.5 Å². The van der Waals surface area contributed by atoms with Gasteiger partial charge in [-0.2, -0.15) is 0 Å². The Hall–Kier alpha value is -6.99. The fraction of sp³-hybridized carbons (Fsp3) is 0. The maximum Gasteiger partial charge on any atom is 0.165 e. The van der Waals surface area contributed by atoms with Crippen molar-refractivity contribution in [2.45, 2.75) is 0 Å². The Labute approximate surface area is 335 Å². The first-order valence-corrected chi connectivity index (χ1v) is 20.6. The number of para-hydroxylation sites is 2. The maximum absolute atomic E-state index is 6.56. The third kappa shape index (κ3) is 5.22. The molecule has 266 valence electrons. The molecule has 8 aromatic carbocycles. The monoisotopic (exact) mass is 763 g/mol. The lowest BCUT2D eigenvalue weighted by Crippen LogP contribution is -2.00. The van der Waals surface area contributed by atoms with Crippen molar-refractivity contribution >= 4 is 85.0 Å². The van der Waals surface area contributed by atoms with E-state index in [1.54, 1.807) is 11.3 Å². The van der Waals surface area contributed by atoms with E-state index >= 15 is 0 Å². The Kier molecular flexibility index (Phi) is 7.24. The molecule has 0 unspecified atom stereocenters. The van der Waals surface area contributed by atoms with Crippen LogP contribution in [-0.4, -0.2) is 15.0 Å². The smallest absolute Gasteiger partial charge is 0.165 e. The van der Waals surface area contributed by atoms with Crippen molar-refractivity contribution in [3.8, 4) is 56.4 Å². The van der Waals surface area contributed by atoms with Gasteiger partial charge in [0, 0.05) is 78.9 Å². The van der Waals surface area contributed by atoms with E-state index in [2.05, 4.69) is 133 Å². The summed E-state index contributed by atoms with van der Waals surface area (Å²) in [6.45, 7) is 0. The lowest BCUT2D eigenvalue weighted by atomic mass is 9.94. The number of rotatable bonds is 5. The molecule has 0 radical (unpaired) electrons. The molecule has 0 fully saturated rings. The molecule has 0 aliphatic carbocycles. The molecule has 0 aliphatic rings. The van der Waals surface area contributed by atoms with Crippen molar-refractivity contribution in [1.29, 1.82) is 0 Å². The molecule has 0 saturated heterocycles. The summed E-state index contributed by atoms with van der Waals surface area (Å²) in [5.41, 5.74) is 9.36. The van der Waals surface area contributed by atoms with Crippen LogP contribution in [0.4, 0.5) is 0 Å². The zero-order valence-electron chi connectivity index (χ0n) is 30.3. The number of benzene rings is 8. The predicted molar refractivity (Wildman–Crippen MR) is 240 cm³/mol. The second-order valence-electron chi connectivity index (χ2n) is 14.3. The van der Waals surface area contributed by atoms with Gasteiger partial charge in [0.25, 0.3) is 0 Å². The average molecular weight is 764 g/mol. The van der Waals surface area contributed by atoms with Crippen LogP contribution in [0, 0.1) is 0 Å². The lowest BCUT2D eigenvalue weighted by molar-refractivity contribution is 0.670. The molecule has 6 heteroatoms. The predicted octanol–water partition coefficient (Wildman–Crippen LogP) is 14.8. The van der Waals surface area contributed by atoms with Crippen molar-refractivity contribution in [3.63, 3.8) is 0 Å². The van der Waals surface area contributed by atoms with Crippen molar-refractivity contribution < 1.29 is 4.42 Å². The average Bonchev–Trinajstić information content (AvgIpc) is 3.98. The van der Waals surface area contributed by atoms with Gasteiger partial charge in [-0.05, 0) is 53.6 Å². The van der Waals surface area contributed by atoms with E-state index in [0.717, 1.165) is 54.5 Å². The number of hydrogen-bond acceptors (Lipinski definition) is 6. The summed E-state index contributed by atoms with van der Waals surface area (Å²) < 4.78 is 11.5. The summed E-state index contributed by atoms with van der Waals surface area (Å²) in [5, 5.41) is 7.20. The van der Waals surface area contributed by atoms with Crippen molar-refractivity contribution in [3.05, 3.63) is 176 Å². The van der Waals surface area contributed by atoms with Gasteiger partial charge in [0.1, 0.15) is 11.2 Å². The van der Waals surface area contributed by atoms with Crippen molar-refractivity contribution in [1.82, 2.24) is 15.0 Å². The number of aromatic nitrogens is 3. The van der Waals surface area contributed by atoms with Crippen molar-refractivity contribution in [2.24, 2.45) is 0 Å². The Morgan fingerprint density at radius 3 is 1.68 bits per heavy atom. The topological polar surface area (TPSA) is 51.8 Å². The number of hydrogen-bond donors (Lipinski definition) is 0. The second-order valence-corrected chi connectivity index (χ2v) is 16.4. The van der Waals surface area contributed by atoms with E-state index in [9.17, 15) is 0 Å². The fourth-order valence-electron chi connectivity index (χ4n) is 8.24. The molecule has 12 rings (SSSR count). The molecular weight excluding hydrogens is 735 g/mol. The van der Waals surface area contributed by atoms with Gasteiger partial charge in [0.2, 0.25) is 0 Å². The van der Waals surface area contributed by atoms with Crippen LogP contribution in [-0.2, 0) is 0 Å². The summed E-state index contributed by atoms with van der Waals surface area (Å²) in [6.07, 6.45) is 0. The molecule has 12 aromatic rings. The van der Waals surface area contributed by atoms with Gasteiger partial charge >= 0.3 is 0 Å². The maximum atomic E-state index is 6.56. The van der Waals surface area contributed by atoms with Gasteiger partial charge in [-0.25, -0.2) is 15.0 Å². The minimum Gasteiger partial charge on any atom is -0.455 e. The van der Waals surface area contributed by atoms with Crippen LogP contribution in [0.25, 0.3) is 119 Å². The molecule has 0 spiro atoms. The molecule has 0 bridgehead atoms. The fourth-order valence-corrected chi connectivity index (χ4v) is 10.7. The Bertz CT molecular complexity index is 3470. The van der Waals surface area contributed by atoms with Crippen LogP contribution in [0.15, 0.2) is 180 Å². The van der Waals surface area contributed by atoms with E-state index in [4.69, 9.17) is 19.4 Å². The van der Waals surface area contributed by atoms with Gasteiger partial charge in [-0.15, -0.1) is 22.7 Å². The van der Waals surface area contributed by atoms with Gasteiger partial charge in [-0.1, -0.05) is 133 Å². The van der Waals surface area contributed by atoms with Gasteiger partial charge < -0.3 is 4.42 Å². The van der Waals surface area contributed by atoms with Gasteiger partial charge in [0.05, 0.1) is 0 Å². The summed E-state index contributed by atoms with van der Waals surface area (Å²) in [4.78, 5) is 15.1. The van der Waals surface area contributed by atoms with Gasteiger partial charge in [-0.3, -0.25) is 0 Å². The van der Waals surface area contributed by atoms with E-state index < -0.39 is 0 Å². The Balaban J connectivity index is 1.06. The SMILES string of the molecule is c1ccc(-c2nc(-c3ccccc3)nc(-c3cccc4c3sc3ccc(-c5cc(-c6cccc7c6oc6ccccc67)cc6c5sc5ccccc56)cc34)n2)cc1. The summed E-state index contributed by atoms with van der Waals surface area (Å²) in [6, 6.07) is 62.0. The highest BCUT2D eigenvalue weighted by molar-refractivity contribution is 7.26. The highest BCUT2D eigenvalue weighted by Gasteiger charge is 2.20. The molecule has 4 heterocycles. The molecule has 0 aliphatic heterocycles. The zero-order valence-corrected chi connectivity index (χ0v) is 31.9. The molecule has 57 heavy (non-hydrogen) atoms. The number of furan rings is 1. The van der Waals surface area contributed by atoms with E-state index in [1.807, 2.05) is 53.8 Å². The zero-order chi connectivity index (χ0) is 37.5. The van der Waals surface area contributed by atoms with Crippen LogP contribution in [0.5, 0.6) is 0 Å². The summed E-state index contributed by atoms with van der Waals surface area (Å²) in [7, 11) is 0. The first-order valence-electron chi connectivity index (χ1n) is 18.9. The normalized spacial score (nSPS) is 11.9. The number of nitrogens with zero attached hydrogens (tertiary/aromatic N) is 3. The van der Waals surface area contributed by atoms with E-state index in [-0.39, 0.29) is 0 Å². The van der Waals surface area contributed by atoms with Gasteiger partial charge in [0.15, 0.2) is 17.5 Å². The minimum absolute atomic E-state index is 0.658. The molecule has 0 amide bonds. The summed E-state index contributed by atoms with van der Waals surface area (Å²) in [5.74, 6) is 1.98. The van der Waals surface area contributed by atoms with Crippen LogP contribution < -0.4 is 0 Å². The first kappa shape index (κ1) is 32.3. The first-order chi connectivity index (χ1) is 28.2. The van der Waals surface area contributed by atoms with Crippen molar-refractivity contribution in [2.75, 3.05) is 0 Å². The third-order valence-electron chi connectivity index (χ3n) is 10.9. The molecule has 4 aromatic heterocycles. The summed E-state index contributed by atoms with van der Waals surface area (Å²) >= 11 is 3.65. The second kappa shape index (κ2) is 12.8. The molecular formula is C51H29N3OS2. The third-order valence-corrected chi connectivity index (χ3v) is 13.4. The molecule has 0 atom stereocenters. The van der Waals surface area contributed by atoms with Crippen LogP contribution in [0.1, 0.15) is 0 Å². The standard InChI is InChI=1S/C51H29N3OS2/c1-3-13-30(14-4-1)49-52-50(31-15-5-2-6-16-31)54-51(53-49)39-22-12-21-38-41-27-32(25-26-45(41)57-47(38)39)40-28-33(29-42-36-18-8-10-24-44(36)56-48(40)42)34-19-11-20-37-35-17-7-9-23-43(35)55-46(34)37/h1-29H. The minimum atomic E-state index is 0.658.